The first kappa shape index (κ1) is 24.3. The lowest BCUT2D eigenvalue weighted by Crippen LogP contribution is -2.23. The average molecular weight is 500 g/mol. The molecule has 2 aromatic carbocycles. The minimum atomic E-state index is -0.357. The number of hydrogen-bond acceptors (Lipinski definition) is 6. The van der Waals surface area contributed by atoms with Crippen molar-refractivity contribution in [2.24, 2.45) is 0 Å². The molecule has 0 saturated carbocycles. The summed E-state index contributed by atoms with van der Waals surface area (Å²) in [6.45, 7) is 8.98. The second kappa shape index (κ2) is 9.57. The Bertz CT molecular complexity index is 1490. The normalized spacial score (nSPS) is 13.6. The van der Waals surface area contributed by atoms with Crippen LogP contribution in [-0.2, 0) is 21.5 Å². The first-order valence-electron chi connectivity index (χ1n) is 12.1. The zero-order valence-electron chi connectivity index (χ0n) is 21.3. The van der Waals surface area contributed by atoms with Crippen molar-refractivity contribution in [2.75, 3.05) is 23.4 Å². The third kappa shape index (κ3) is 5.25. The molecule has 4 aromatic rings. The largest absolute Gasteiger partial charge is 0.456 e. The van der Waals surface area contributed by atoms with E-state index in [1.54, 1.807) is 23.4 Å². The molecule has 0 aliphatic carbocycles. The van der Waals surface area contributed by atoms with Crippen molar-refractivity contribution >= 4 is 34.3 Å². The maximum atomic E-state index is 12.6. The van der Waals surface area contributed by atoms with Gasteiger partial charge in [-0.15, -0.1) is 0 Å². The number of pyridine rings is 1. The van der Waals surface area contributed by atoms with Gasteiger partial charge in [0.15, 0.2) is 0 Å². The molecule has 37 heavy (non-hydrogen) atoms. The Labute approximate surface area is 215 Å². The zero-order valence-corrected chi connectivity index (χ0v) is 21.3. The molecular weight excluding hydrogens is 470 g/mol. The van der Waals surface area contributed by atoms with Crippen molar-refractivity contribution in [1.29, 1.82) is 0 Å². The van der Waals surface area contributed by atoms with Gasteiger partial charge in [0.1, 0.15) is 18.1 Å². The summed E-state index contributed by atoms with van der Waals surface area (Å²) in [6, 6.07) is 13.1. The highest BCUT2D eigenvalue weighted by atomic mass is 16.6. The summed E-state index contributed by atoms with van der Waals surface area (Å²) in [5, 5.41) is 8.02. The molecule has 3 heterocycles. The van der Waals surface area contributed by atoms with Gasteiger partial charge in [-0.3, -0.25) is 19.4 Å². The van der Waals surface area contributed by atoms with Gasteiger partial charge < -0.3 is 14.8 Å². The van der Waals surface area contributed by atoms with Gasteiger partial charge in [-0.05, 0) is 69.2 Å². The van der Waals surface area contributed by atoms with Crippen LogP contribution in [-0.4, -0.2) is 39.9 Å². The van der Waals surface area contributed by atoms with Gasteiger partial charge in [-0.2, -0.15) is 5.10 Å². The van der Waals surface area contributed by atoms with E-state index in [1.807, 2.05) is 54.2 Å². The van der Waals surface area contributed by atoms with Gasteiger partial charge in [0.25, 0.3) is 0 Å². The van der Waals surface area contributed by atoms with E-state index in [1.165, 1.54) is 0 Å². The molecule has 1 aliphatic heterocycles. The second-order valence-electron chi connectivity index (χ2n) is 10.0. The number of rotatable bonds is 6. The summed E-state index contributed by atoms with van der Waals surface area (Å²) in [7, 11) is 0. The minimum Gasteiger partial charge on any atom is -0.456 e. The van der Waals surface area contributed by atoms with Gasteiger partial charge in [0.2, 0.25) is 5.91 Å². The number of aryl methyl sites for hydroxylation is 1. The molecule has 1 aliphatic rings. The number of nitrogens with one attached hydrogen (secondary N) is 1. The van der Waals surface area contributed by atoms with Crippen molar-refractivity contribution in [3.8, 4) is 11.5 Å². The monoisotopic (exact) mass is 499 g/mol. The predicted molar refractivity (Wildman–Crippen MR) is 141 cm³/mol. The third-order valence-electron chi connectivity index (χ3n) is 6.14. The summed E-state index contributed by atoms with van der Waals surface area (Å²) in [6.07, 6.45) is 5.05. The zero-order chi connectivity index (χ0) is 26.2. The number of carbonyl (C=O) groups excluding carboxylic acids is 2. The van der Waals surface area contributed by atoms with Crippen molar-refractivity contribution in [3.05, 3.63) is 72.2 Å². The Morgan fingerprint density at radius 2 is 1.97 bits per heavy atom. The maximum Gasteiger partial charge on any atom is 0.414 e. The first-order chi connectivity index (χ1) is 17.7. The molecule has 2 amide bonds. The van der Waals surface area contributed by atoms with Crippen LogP contribution in [0.25, 0.3) is 10.9 Å². The minimum absolute atomic E-state index is 0.116. The standard InChI is InChI=1S/C28H29N5O4/c1-18-13-19(14-26(34)31-20-16-30-33(17-20)28(2,3)4)5-8-24(18)37-25-9-10-29-23-7-6-21(15-22(23)25)32-11-12-36-27(32)35/h5-10,13,15-17H,11-12,14H2,1-4H3,(H,31,34). The van der Waals surface area contributed by atoms with Crippen molar-refractivity contribution < 1.29 is 19.1 Å². The first-order valence-corrected chi connectivity index (χ1v) is 12.1. The van der Waals surface area contributed by atoms with Crippen LogP contribution in [0.4, 0.5) is 16.2 Å². The third-order valence-corrected chi connectivity index (χ3v) is 6.14. The number of hydrogen-bond donors (Lipinski definition) is 1. The Morgan fingerprint density at radius 3 is 2.68 bits per heavy atom. The number of carbonyl (C=O) groups is 2. The van der Waals surface area contributed by atoms with Crippen LogP contribution in [0.15, 0.2) is 61.1 Å². The number of cyclic esters (lactones) is 1. The Kier molecular flexibility index (Phi) is 6.29. The van der Waals surface area contributed by atoms with Crippen LogP contribution < -0.4 is 15.0 Å². The number of aromatic nitrogens is 3. The molecule has 9 nitrogen and oxygen atoms in total. The molecule has 2 aromatic heterocycles. The van der Waals surface area contributed by atoms with E-state index in [2.05, 4.69) is 36.2 Å². The number of nitrogens with zero attached hydrogens (tertiary/aromatic N) is 4. The molecule has 190 valence electrons. The second-order valence-corrected chi connectivity index (χ2v) is 10.0. The number of ether oxygens (including phenoxy) is 2. The molecule has 0 bridgehead atoms. The van der Waals surface area contributed by atoms with E-state index < -0.39 is 0 Å². The number of fused-ring (bicyclic) bond motifs is 1. The molecule has 0 unspecified atom stereocenters. The van der Waals surface area contributed by atoms with Crippen LogP contribution in [0.1, 0.15) is 31.9 Å². The van der Waals surface area contributed by atoms with Crippen LogP contribution in [0, 0.1) is 6.92 Å². The molecule has 1 fully saturated rings. The lowest BCUT2D eigenvalue weighted by atomic mass is 10.1. The molecule has 5 rings (SSSR count). The lowest BCUT2D eigenvalue weighted by Gasteiger charge is -2.18. The van der Waals surface area contributed by atoms with Crippen LogP contribution in [0.5, 0.6) is 11.5 Å². The number of benzene rings is 2. The van der Waals surface area contributed by atoms with E-state index >= 15 is 0 Å². The van der Waals surface area contributed by atoms with Crippen LogP contribution in [0.3, 0.4) is 0 Å². The highest BCUT2D eigenvalue weighted by Crippen LogP contribution is 2.34. The van der Waals surface area contributed by atoms with Gasteiger partial charge in [-0.1, -0.05) is 12.1 Å². The fourth-order valence-corrected chi connectivity index (χ4v) is 4.19. The van der Waals surface area contributed by atoms with Crippen LogP contribution in [0.2, 0.25) is 0 Å². The van der Waals surface area contributed by atoms with E-state index in [0.717, 1.165) is 27.7 Å². The van der Waals surface area contributed by atoms with E-state index in [-0.39, 0.29) is 24.0 Å². The van der Waals surface area contributed by atoms with Crippen LogP contribution >= 0.6 is 0 Å². The molecule has 0 atom stereocenters. The topological polar surface area (TPSA) is 98.6 Å². The molecule has 1 N–H and O–H groups in total. The highest BCUT2D eigenvalue weighted by Gasteiger charge is 2.24. The van der Waals surface area contributed by atoms with E-state index in [9.17, 15) is 9.59 Å². The average Bonchev–Trinajstić information content (AvgIpc) is 3.49. The Hall–Kier alpha value is -4.40. The van der Waals surface area contributed by atoms with Gasteiger partial charge in [0.05, 0.1) is 35.9 Å². The highest BCUT2D eigenvalue weighted by molar-refractivity contribution is 5.95. The summed E-state index contributed by atoms with van der Waals surface area (Å²) >= 11 is 0. The molecule has 9 heteroatoms. The summed E-state index contributed by atoms with van der Waals surface area (Å²) < 4.78 is 13.2. The predicted octanol–water partition coefficient (Wildman–Crippen LogP) is 5.42. The summed E-state index contributed by atoms with van der Waals surface area (Å²) in [4.78, 5) is 30.6. The maximum absolute atomic E-state index is 12.6. The number of anilines is 2. The van der Waals surface area contributed by atoms with E-state index in [4.69, 9.17) is 9.47 Å². The SMILES string of the molecule is Cc1cc(CC(=O)Nc2cnn(C(C)(C)C)c2)ccc1Oc1ccnc2ccc(N3CCOC3=O)cc12. The van der Waals surface area contributed by atoms with Gasteiger partial charge in [-0.25, -0.2) is 4.79 Å². The van der Waals surface area contributed by atoms with E-state index in [0.29, 0.717) is 30.3 Å². The lowest BCUT2D eigenvalue weighted by molar-refractivity contribution is -0.115. The molecule has 1 saturated heterocycles. The van der Waals surface area contributed by atoms with Crippen molar-refractivity contribution in [3.63, 3.8) is 0 Å². The summed E-state index contributed by atoms with van der Waals surface area (Å²) in [5.41, 5.74) is 3.78. The smallest absolute Gasteiger partial charge is 0.414 e. The van der Waals surface area contributed by atoms with Crippen molar-refractivity contribution in [1.82, 2.24) is 14.8 Å². The van der Waals surface area contributed by atoms with Crippen molar-refractivity contribution in [2.45, 2.75) is 39.7 Å². The van der Waals surface area contributed by atoms with Gasteiger partial charge in [0, 0.05) is 23.5 Å². The molecular formula is C28H29N5O4. The molecule has 0 spiro atoms. The Balaban J connectivity index is 1.31. The quantitative estimate of drug-likeness (QED) is 0.380. The number of amides is 2. The fraction of sp³-hybridized carbons (Fsp3) is 0.286. The molecule has 0 radical (unpaired) electrons. The fourth-order valence-electron chi connectivity index (χ4n) is 4.19. The summed E-state index contributed by atoms with van der Waals surface area (Å²) in [5.74, 6) is 1.19. The Morgan fingerprint density at radius 1 is 1.14 bits per heavy atom. The van der Waals surface area contributed by atoms with Gasteiger partial charge >= 0.3 is 6.09 Å².